The quantitative estimate of drug-likeness (QED) is 0.885. The smallest absolute Gasteiger partial charge is 0.120 e. The molecule has 18 heavy (non-hydrogen) atoms. The van der Waals surface area contributed by atoms with Crippen molar-refractivity contribution >= 4 is 0 Å². The van der Waals surface area contributed by atoms with Gasteiger partial charge in [0.05, 0.1) is 6.10 Å². The maximum absolute atomic E-state index is 5.87. The summed E-state index contributed by atoms with van der Waals surface area (Å²) in [5, 5.41) is 0. The van der Waals surface area contributed by atoms with E-state index in [-0.39, 0.29) is 0 Å². The van der Waals surface area contributed by atoms with E-state index in [9.17, 15) is 0 Å². The van der Waals surface area contributed by atoms with Gasteiger partial charge < -0.3 is 10.5 Å². The number of nitrogens with zero attached hydrogens (tertiary/aromatic N) is 1. The molecular weight excluding hydrogens is 224 g/mol. The number of hydrogen-bond donors (Lipinski definition) is 1. The minimum atomic E-state index is 0.471. The first-order valence-corrected chi connectivity index (χ1v) is 6.93. The van der Waals surface area contributed by atoms with Gasteiger partial charge in [-0.05, 0) is 56.5 Å². The molecule has 0 amide bonds. The lowest BCUT2D eigenvalue weighted by Crippen LogP contribution is -2.20. The van der Waals surface area contributed by atoms with E-state index in [1.807, 2.05) is 0 Å². The summed E-state index contributed by atoms with van der Waals surface area (Å²) in [7, 11) is 2.19. The molecule has 0 radical (unpaired) electrons. The second-order valence-corrected chi connectivity index (χ2v) is 5.68. The van der Waals surface area contributed by atoms with Crippen molar-refractivity contribution in [3.8, 4) is 5.75 Å². The van der Waals surface area contributed by atoms with Crippen molar-refractivity contribution in [2.75, 3.05) is 20.1 Å². The number of nitrogens with two attached hydrogens (primary N) is 1. The lowest BCUT2D eigenvalue weighted by molar-refractivity contribution is 0.296. The van der Waals surface area contributed by atoms with Gasteiger partial charge in [0.15, 0.2) is 0 Å². The van der Waals surface area contributed by atoms with Gasteiger partial charge in [-0.15, -0.1) is 0 Å². The van der Waals surface area contributed by atoms with Crippen LogP contribution in [0.15, 0.2) is 24.3 Å². The van der Waals surface area contributed by atoms with E-state index in [0.29, 0.717) is 18.1 Å². The Kier molecular flexibility index (Phi) is 3.27. The molecule has 2 N–H and O–H groups in total. The number of benzene rings is 1. The molecule has 1 heterocycles. The summed E-state index contributed by atoms with van der Waals surface area (Å²) in [4.78, 5) is 2.41. The maximum atomic E-state index is 5.87. The standard InChI is InChI=1S/C15H22N2O/c1-17-10-11(9-16)7-15(17)12-3-2-4-14(8-12)18-13-5-6-13/h2-4,8,11,13,15H,5-7,9-10,16H2,1H3. The average molecular weight is 246 g/mol. The second-order valence-electron chi connectivity index (χ2n) is 5.68. The van der Waals surface area contributed by atoms with Crippen molar-refractivity contribution in [1.82, 2.24) is 4.90 Å². The van der Waals surface area contributed by atoms with Gasteiger partial charge in [0.25, 0.3) is 0 Å². The minimum Gasteiger partial charge on any atom is -0.490 e. The monoisotopic (exact) mass is 246 g/mol. The van der Waals surface area contributed by atoms with Crippen molar-refractivity contribution in [3.63, 3.8) is 0 Å². The molecule has 98 valence electrons. The van der Waals surface area contributed by atoms with Gasteiger partial charge in [0.1, 0.15) is 5.75 Å². The fraction of sp³-hybridized carbons (Fsp3) is 0.600. The molecule has 2 fully saturated rings. The second kappa shape index (κ2) is 4.90. The minimum absolute atomic E-state index is 0.471. The molecule has 3 nitrogen and oxygen atoms in total. The van der Waals surface area contributed by atoms with Crippen LogP contribution < -0.4 is 10.5 Å². The van der Waals surface area contributed by atoms with Gasteiger partial charge in [-0.25, -0.2) is 0 Å². The molecule has 1 aliphatic carbocycles. The van der Waals surface area contributed by atoms with Crippen LogP contribution in [0.1, 0.15) is 30.9 Å². The number of rotatable bonds is 4. The molecule has 1 aromatic carbocycles. The molecule has 2 atom stereocenters. The Morgan fingerprint density at radius 3 is 2.89 bits per heavy atom. The Bertz CT molecular complexity index is 417. The van der Waals surface area contributed by atoms with Crippen LogP contribution in [0.5, 0.6) is 5.75 Å². The summed E-state index contributed by atoms with van der Waals surface area (Å²) >= 11 is 0. The van der Waals surface area contributed by atoms with Gasteiger partial charge >= 0.3 is 0 Å². The number of likely N-dealkylation sites (tertiary alicyclic amines) is 1. The normalized spacial score (nSPS) is 28.6. The lowest BCUT2D eigenvalue weighted by atomic mass is 10.00. The molecule has 1 saturated heterocycles. The Hall–Kier alpha value is -1.06. The highest BCUT2D eigenvalue weighted by molar-refractivity contribution is 5.31. The first-order valence-electron chi connectivity index (χ1n) is 6.93. The zero-order chi connectivity index (χ0) is 12.5. The van der Waals surface area contributed by atoms with E-state index < -0.39 is 0 Å². The fourth-order valence-corrected chi connectivity index (χ4v) is 2.84. The van der Waals surface area contributed by atoms with Gasteiger partial charge in [-0.2, -0.15) is 0 Å². The largest absolute Gasteiger partial charge is 0.490 e. The summed E-state index contributed by atoms with van der Waals surface area (Å²) in [6, 6.07) is 9.09. The van der Waals surface area contributed by atoms with Crippen LogP contribution in [0.3, 0.4) is 0 Å². The summed E-state index contributed by atoms with van der Waals surface area (Å²) < 4.78 is 5.87. The third-order valence-electron chi connectivity index (χ3n) is 4.04. The van der Waals surface area contributed by atoms with Crippen molar-refractivity contribution < 1.29 is 4.74 Å². The Morgan fingerprint density at radius 1 is 1.39 bits per heavy atom. The molecule has 1 aliphatic heterocycles. The molecule has 0 spiro atoms. The van der Waals surface area contributed by atoms with Crippen molar-refractivity contribution in [3.05, 3.63) is 29.8 Å². The highest BCUT2D eigenvalue weighted by Gasteiger charge is 2.30. The van der Waals surface area contributed by atoms with Crippen LogP contribution in [0.25, 0.3) is 0 Å². The van der Waals surface area contributed by atoms with Crippen LogP contribution >= 0.6 is 0 Å². The molecule has 2 aliphatic rings. The Morgan fingerprint density at radius 2 is 2.22 bits per heavy atom. The molecule has 1 aromatic rings. The highest BCUT2D eigenvalue weighted by Crippen LogP contribution is 2.35. The first kappa shape index (κ1) is 12.0. The summed E-state index contributed by atoms with van der Waals surface area (Å²) in [5.74, 6) is 1.66. The third-order valence-corrected chi connectivity index (χ3v) is 4.04. The fourth-order valence-electron chi connectivity index (χ4n) is 2.84. The molecular formula is C15H22N2O. The molecule has 3 heteroatoms. The summed E-state index contributed by atoms with van der Waals surface area (Å²) in [6.07, 6.45) is 4.06. The van der Waals surface area contributed by atoms with E-state index in [4.69, 9.17) is 10.5 Å². The summed E-state index contributed by atoms with van der Waals surface area (Å²) in [5.41, 5.74) is 7.16. The van der Waals surface area contributed by atoms with E-state index in [1.54, 1.807) is 0 Å². The van der Waals surface area contributed by atoms with Crippen LogP contribution in [0.2, 0.25) is 0 Å². The number of hydrogen-bond acceptors (Lipinski definition) is 3. The average Bonchev–Trinajstić information content (AvgIpc) is 3.10. The predicted molar refractivity (Wildman–Crippen MR) is 72.6 cm³/mol. The molecule has 3 rings (SSSR count). The van der Waals surface area contributed by atoms with Crippen LogP contribution in [0, 0.1) is 5.92 Å². The van der Waals surface area contributed by atoms with Gasteiger partial charge in [-0.1, -0.05) is 12.1 Å². The zero-order valence-electron chi connectivity index (χ0n) is 11.0. The SMILES string of the molecule is CN1CC(CN)CC1c1cccc(OC2CC2)c1. The molecule has 0 aromatic heterocycles. The van der Waals surface area contributed by atoms with E-state index >= 15 is 0 Å². The third kappa shape index (κ3) is 2.52. The molecule has 0 bridgehead atoms. The van der Waals surface area contributed by atoms with Crippen LogP contribution in [0.4, 0.5) is 0 Å². The topological polar surface area (TPSA) is 38.5 Å². The highest BCUT2D eigenvalue weighted by atomic mass is 16.5. The molecule has 1 saturated carbocycles. The van der Waals surface area contributed by atoms with Crippen LogP contribution in [-0.2, 0) is 0 Å². The van der Waals surface area contributed by atoms with Crippen LogP contribution in [-0.4, -0.2) is 31.1 Å². The zero-order valence-corrected chi connectivity index (χ0v) is 11.0. The Labute approximate surface area is 109 Å². The summed E-state index contributed by atoms with van der Waals surface area (Å²) in [6.45, 7) is 1.90. The maximum Gasteiger partial charge on any atom is 0.120 e. The Balaban J connectivity index is 1.74. The van der Waals surface area contributed by atoms with Gasteiger partial charge in [0, 0.05) is 12.6 Å². The van der Waals surface area contributed by atoms with E-state index in [2.05, 4.69) is 36.2 Å². The van der Waals surface area contributed by atoms with Gasteiger partial charge in [-0.3, -0.25) is 4.90 Å². The first-order chi connectivity index (χ1) is 8.76. The van der Waals surface area contributed by atoms with E-state index in [1.165, 1.54) is 24.8 Å². The van der Waals surface area contributed by atoms with Crippen molar-refractivity contribution in [1.29, 1.82) is 0 Å². The molecule has 2 unspecified atom stereocenters. The lowest BCUT2D eigenvalue weighted by Gasteiger charge is -2.20. The predicted octanol–water partition coefficient (Wildman–Crippen LogP) is 2.18. The number of ether oxygens (including phenoxy) is 1. The van der Waals surface area contributed by atoms with Gasteiger partial charge in [0.2, 0.25) is 0 Å². The van der Waals surface area contributed by atoms with Crippen molar-refractivity contribution in [2.24, 2.45) is 11.7 Å². The van der Waals surface area contributed by atoms with Crippen molar-refractivity contribution in [2.45, 2.75) is 31.4 Å². The van der Waals surface area contributed by atoms with E-state index in [0.717, 1.165) is 18.8 Å².